The van der Waals surface area contributed by atoms with Crippen molar-refractivity contribution in [2.75, 3.05) is 11.9 Å². The van der Waals surface area contributed by atoms with E-state index < -0.39 is 0 Å². The number of non-ortho nitro benzene ring substituents is 1. The number of anilines is 1. The van der Waals surface area contributed by atoms with Crippen LogP contribution in [0, 0.1) is 17.0 Å². The van der Waals surface area contributed by atoms with Crippen LogP contribution in [0.3, 0.4) is 0 Å². The number of nitro benzene ring substituents is 1. The van der Waals surface area contributed by atoms with E-state index in [1.807, 2.05) is 6.07 Å². The summed E-state index contributed by atoms with van der Waals surface area (Å²) in [6.45, 7) is 7.00. The molecule has 46 heavy (non-hydrogen) atoms. The first-order valence-electron chi connectivity index (χ1n) is 16.2. The van der Waals surface area contributed by atoms with Crippen LogP contribution in [0.1, 0.15) is 59.9 Å². The van der Waals surface area contributed by atoms with Gasteiger partial charge in [0.1, 0.15) is 0 Å². The van der Waals surface area contributed by atoms with Crippen LogP contribution < -0.4 is 4.90 Å². The van der Waals surface area contributed by atoms with Crippen LogP contribution in [0.5, 0.6) is 0 Å². The molecule has 0 N–H and O–H groups in total. The molecular weight excluding hydrogens is 632 g/mol. The topological polar surface area (TPSA) is 46.4 Å². The van der Waals surface area contributed by atoms with Crippen LogP contribution in [-0.4, -0.2) is 12.0 Å². The van der Waals surface area contributed by atoms with Gasteiger partial charge >= 0.3 is 0 Å². The molecular formula is C41H41BrN2O2. The minimum absolute atomic E-state index is 0.138. The molecule has 6 rings (SSSR count). The lowest BCUT2D eigenvalue weighted by Crippen LogP contribution is -2.34. The number of halogens is 1. The van der Waals surface area contributed by atoms with Crippen molar-refractivity contribution in [3.8, 4) is 0 Å². The molecule has 2 aliphatic rings. The van der Waals surface area contributed by atoms with Crippen molar-refractivity contribution in [2.24, 2.45) is 0 Å². The molecule has 234 valence electrons. The average Bonchev–Trinajstić information content (AvgIpc) is 3.28. The van der Waals surface area contributed by atoms with Crippen molar-refractivity contribution in [2.45, 2.75) is 62.7 Å². The second-order valence-electron chi connectivity index (χ2n) is 12.9. The summed E-state index contributed by atoms with van der Waals surface area (Å²) in [6.07, 6.45) is 13.6. The summed E-state index contributed by atoms with van der Waals surface area (Å²) >= 11 is 3.69. The van der Waals surface area contributed by atoms with E-state index in [4.69, 9.17) is 6.58 Å². The molecule has 0 saturated heterocycles. The molecule has 1 aliphatic carbocycles. The van der Waals surface area contributed by atoms with Crippen molar-refractivity contribution < 1.29 is 4.92 Å². The Kier molecular flexibility index (Phi) is 9.15. The second kappa shape index (κ2) is 13.3. The summed E-state index contributed by atoms with van der Waals surface area (Å²) in [5.41, 5.74) is 8.95. The van der Waals surface area contributed by atoms with Crippen molar-refractivity contribution in [3.63, 3.8) is 0 Å². The summed E-state index contributed by atoms with van der Waals surface area (Å²) in [4.78, 5) is 13.8. The highest BCUT2D eigenvalue weighted by molar-refractivity contribution is 9.10. The molecule has 0 aromatic heterocycles. The number of hydrogen-bond donors (Lipinski definition) is 0. The number of fused-ring (bicyclic) bond motifs is 2. The Morgan fingerprint density at radius 3 is 2.11 bits per heavy atom. The van der Waals surface area contributed by atoms with Gasteiger partial charge in [0.2, 0.25) is 0 Å². The van der Waals surface area contributed by atoms with Gasteiger partial charge in [-0.3, -0.25) is 10.1 Å². The third-order valence-corrected chi connectivity index (χ3v) is 10.8. The fourth-order valence-electron chi connectivity index (χ4n) is 7.99. The molecule has 5 heteroatoms. The number of nitro groups is 1. The molecule has 1 saturated carbocycles. The Bertz CT molecular complexity index is 1760. The van der Waals surface area contributed by atoms with Crippen LogP contribution >= 0.6 is 15.9 Å². The Morgan fingerprint density at radius 2 is 1.52 bits per heavy atom. The van der Waals surface area contributed by atoms with Gasteiger partial charge < -0.3 is 4.90 Å². The van der Waals surface area contributed by atoms with Crippen molar-refractivity contribution in [3.05, 3.63) is 176 Å². The Hall–Kier alpha value is -4.22. The average molecular weight is 674 g/mol. The molecule has 4 nitrogen and oxygen atoms in total. The van der Waals surface area contributed by atoms with E-state index in [0.717, 1.165) is 59.8 Å². The van der Waals surface area contributed by atoms with Crippen molar-refractivity contribution >= 4 is 27.3 Å². The lowest BCUT2D eigenvalue weighted by molar-refractivity contribution is -0.385. The molecule has 0 unspecified atom stereocenters. The van der Waals surface area contributed by atoms with Crippen molar-refractivity contribution in [1.29, 1.82) is 0 Å². The van der Waals surface area contributed by atoms with Crippen molar-refractivity contribution in [1.82, 2.24) is 0 Å². The van der Waals surface area contributed by atoms with Crippen LogP contribution in [0.25, 0.3) is 0 Å². The number of benzene rings is 4. The zero-order valence-corrected chi connectivity index (χ0v) is 28.3. The van der Waals surface area contributed by atoms with Gasteiger partial charge in [-0.1, -0.05) is 123 Å². The smallest absolute Gasteiger partial charge is 0.271 e. The first-order chi connectivity index (χ1) is 22.2. The third-order valence-electron chi connectivity index (χ3n) is 10.2. The van der Waals surface area contributed by atoms with Crippen LogP contribution in [-0.2, 0) is 23.7 Å². The van der Waals surface area contributed by atoms with E-state index in [1.165, 1.54) is 34.4 Å². The highest BCUT2D eigenvalue weighted by atomic mass is 79.9. The molecule has 0 atom stereocenters. The van der Waals surface area contributed by atoms with E-state index in [2.05, 4.69) is 138 Å². The number of likely N-dealkylation sites (N-methyl/N-ethyl adjacent to an activating group) is 1. The molecule has 0 bridgehead atoms. The van der Waals surface area contributed by atoms with Gasteiger partial charge in [-0.2, -0.15) is 0 Å². The lowest BCUT2D eigenvalue weighted by Gasteiger charge is -2.38. The van der Waals surface area contributed by atoms with Gasteiger partial charge in [-0.05, 0) is 88.0 Å². The predicted octanol–water partition coefficient (Wildman–Crippen LogP) is 10.7. The molecule has 4 aromatic rings. The van der Waals surface area contributed by atoms with Gasteiger partial charge in [-0.25, -0.2) is 0 Å². The van der Waals surface area contributed by atoms with Gasteiger partial charge in [0.05, 0.1) is 10.6 Å². The monoisotopic (exact) mass is 672 g/mol. The van der Waals surface area contributed by atoms with Crippen LogP contribution in [0.4, 0.5) is 11.4 Å². The summed E-state index contributed by atoms with van der Waals surface area (Å²) < 4.78 is 0.769. The fraction of sp³-hybridized carbons (Fsp3) is 0.268. The maximum absolute atomic E-state index is 11.9. The largest absolute Gasteiger partial charge is 0.346 e. The number of nitrogens with zero attached hydrogens (tertiary/aromatic N) is 2. The van der Waals surface area contributed by atoms with Crippen LogP contribution in [0.2, 0.25) is 0 Å². The zero-order valence-electron chi connectivity index (χ0n) is 26.7. The van der Waals surface area contributed by atoms with Gasteiger partial charge in [0, 0.05) is 40.2 Å². The number of hydrogen-bond acceptors (Lipinski definition) is 3. The molecule has 4 aromatic carbocycles. The maximum Gasteiger partial charge on any atom is 0.271 e. The number of aryl methyl sites for hydroxylation is 1. The first-order valence-corrected chi connectivity index (χ1v) is 17.0. The molecule has 0 amide bonds. The van der Waals surface area contributed by atoms with E-state index >= 15 is 0 Å². The van der Waals surface area contributed by atoms with E-state index in [1.54, 1.807) is 6.07 Å². The molecule has 0 radical (unpaired) electrons. The predicted molar refractivity (Wildman–Crippen MR) is 193 cm³/mol. The molecule has 1 fully saturated rings. The number of allylic oxidation sites excluding steroid dienone is 5. The highest BCUT2D eigenvalue weighted by Crippen LogP contribution is 2.57. The Labute approximate surface area is 281 Å². The van der Waals surface area contributed by atoms with Gasteiger partial charge in [-0.15, -0.1) is 0 Å². The van der Waals surface area contributed by atoms with Gasteiger partial charge in [0.25, 0.3) is 5.69 Å². The maximum atomic E-state index is 11.9. The van der Waals surface area contributed by atoms with E-state index in [0.29, 0.717) is 0 Å². The normalized spacial score (nSPS) is 16.7. The van der Waals surface area contributed by atoms with E-state index in [9.17, 15) is 10.1 Å². The summed E-state index contributed by atoms with van der Waals surface area (Å²) in [6, 6.07) is 33.6. The second-order valence-corrected chi connectivity index (χ2v) is 13.8. The SMILES string of the molecule is C=C(/C=C/C=C1/N(C)c2c(Br)cc([N+](=O)[O-])cc2C12CCCCC2)C(Cc1ccccc1)(Cc1ccccc1)c1ccccc1C. The molecule has 1 aliphatic heterocycles. The minimum atomic E-state index is -0.375. The molecule has 1 spiro atoms. The Balaban J connectivity index is 1.46. The fourth-order valence-corrected chi connectivity index (χ4v) is 8.71. The molecule has 1 heterocycles. The lowest BCUT2D eigenvalue weighted by atomic mass is 9.65. The standard InChI is InChI=1S/C41H41BrN2O2/c1-30-16-11-12-22-35(30)41(28-32-18-7-4-8-19-32,29-33-20-9-5-10-21-33)31(2)17-15-23-38-40(24-13-6-14-25-40)36-26-34(44(45)46)27-37(42)39(36)43(38)3/h4-5,7-12,15-23,26-27H,2,6,13-14,24-25,28-29H2,1,3H3/b17-15+,38-23+. The van der Waals surface area contributed by atoms with Crippen LogP contribution in [0.15, 0.2) is 138 Å². The minimum Gasteiger partial charge on any atom is -0.346 e. The summed E-state index contributed by atoms with van der Waals surface area (Å²) in [7, 11) is 2.09. The quantitative estimate of drug-likeness (QED) is 0.101. The zero-order chi connectivity index (χ0) is 32.3. The Morgan fingerprint density at radius 1 is 0.935 bits per heavy atom. The van der Waals surface area contributed by atoms with Gasteiger partial charge in [0.15, 0.2) is 0 Å². The summed E-state index contributed by atoms with van der Waals surface area (Å²) in [5.74, 6) is 0. The number of rotatable bonds is 9. The van der Waals surface area contributed by atoms with E-state index in [-0.39, 0.29) is 21.4 Å². The summed E-state index contributed by atoms with van der Waals surface area (Å²) in [5, 5.41) is 11.9. The first kappa shape index (κ1) is 31.7. The third kappa shape index (κ3) is 5.89. The highest BCUT2D eigenvalue weighted by Gasteiger charge is 2.48.